The van der Waals surface area contributed by atoms with Crippen molar-refractivity contribution < 1.29 is 19.2 Å². The van der Waals surface area contributed by atoms with E-state index in [1.54, 1.807) is 24.3 Å². The van der Waals surface area contributed by atoms with Crippen molar-refractivity contribution in [1.82, 2.24) is 0 Å². The van der Waals surface area contributed by atoms with Crippen LogP contribution >= 0.6 is 22.4 Å². The fraction of sp³-hybridized carbons (Fsp3) is 0.143. The van der Waals surface area contributed by atoms with E-state index in [9.17, 15) is 14.0 Å². The average molecular weight is 323 g/mol. The monoisotopic (exact) mass is 323 g/mol. The van der Waals surface area contributed by atoms with E-state index in [0.717, 1.165) is 10.5 Å². The molecule has 2 aromatic rings. The highest BCUT2D eigenvalue weighted by Gasteiger charge is 2.30. The molecule has 2 unspecified atom stereocenters. The Hall–Kier alpha value is -1.54. The second-order valence-corrected chi connectivity index (χ2v) is 8.05. The molecule has 21 heavy (non-hydrogen) atoms. The summed E-state index contributed by atoms with van der Waals surface area (Å²) in [5, 5.41) is 8.70. The summed E-state index contributed by atoms with van der Waals surface area (Å²) in [5.41, 5.74) is 1.03. The molecule has 2 aromatic carbocycles. The highest BCUT2D eigenvalue weighted by Crippen LogP contribution is 2.62. The summed E-state index contributed by atoms with van der Waals surface area (Å²) in [4.78, 5) is 11.9. The van der Waals surface area contributed by atoms with E-state index in [0.29, 0.717) is 4.90 Å². The van der Waals surface area contributed by atoms with Gasteiger partial charge in [-0.15, -0.1) is 11.8 Å². The summed E-state index contributed by atoms with van der Waals surface area (Å²) < 4.78 is 22.3. The molecule has 0 spiro atoms. The number of hydrogen-bond donors (Lipinski definition) is 2. The maximum Gasteiger partial charge on any atom is 0.316 e. The average Bonchev–Trinajstić information content (AvgIpc) is 2.71. The van der Waals surface area contributed by atoms with Gasteiger partial charge >= 0.3 is 5.69 Å². The molecule has 1 heterocycles. The third-order valence-corrected chi connectivity index (χ3v) is 6.63. The van der Waals surface area contributed by atoms with E-state index < -0.39 is 10.6 Å². The molecule has 3 rings (SSSR count). The van der Waals surface area contributed by atoms with Crippen molar-refractivity contribution in [3.05, 3.63) is 59.0 Å². The van der Waals surface area contributed by atoms with E-state index >= 15 is 0 Å². The van der Waals surface area contributed by atoms with Crippen LogP contribution in [0.4, 0.5) is 5.69 Å². The number of fused-ring (bicyclic) bond motifs is 1. The number of thioether (sulfide) groups is 1. The number of nitrogens with zero attached hydrogens (tertiary/aromatic N) is 1. The summed E-state index contributed by atoms with van der Waals surface area (Å²) in [6.07, 6.45) is 0. The summed E-state index contributed by atoms with van der Waals surface area (Å²) in [7, 11) is -2.97. The topological polar surface area (TPSA) is 83.6 Å². The van der Waals surface area contributed by atoms with Gasteiger partial charge in [-0.2, -0.15) is 0 Å². The molecule has 0 bridgehead atoms. The molecule has 7 heteroatoms. The molecule has 110 valence electrons. The van der Waals surface area contributed by atoms with Gasteiger partial charge in [0.15, 0.2) is 0 Å². The van der Waals surface area contributed by atoms with Crippen LogP contribution in [-0.2, 0) is 0 Å². The van der Waals surface area contributed by atoms with Gasteiger partial charge in [-0.25, -0.2) is 5.21 Å². The molecule has 2 atom stereocenters. The Labute approximate surface area is 127 Å². The molecule has 5 nitrogen and oxygen atoms in total. The summed E-state index contributed by atoms with van der Waals surface area (Å²) in [6, 6.07) is 13.6. The fourth-order valence-electron chi connectivity index (χ4n) is 2.34. The van der Waals surface area contributed by atoms with E-state index in [-0.39, 0.29) is 21.6 Å². The SMILES string of the molecule is O=[N+](O)c1ccc(SC2CS([O-])(O)c3ccccc32)cc1. The van der Waals surface area contributed by atoms with Gasteiger partial charge in [-0.1, -0.05) is 18.2 Å². The summed E-state index contributed by atoms with van der Waals surface area (Å²) in [5.74, 6) is 0.187. The van der Waals surface area contributed by atoms with Gasteiger partial charge in [0.25, 0.3) is 4.92 Å². The molecule has 1 aliphatic rings. The first-order valence-corrected chi connectivity index (χ1v) is 8.80. The van der Waals surface area contributed by atoms with E-state index in [1.807, 2.05) is 12.1 Å². The van der Waals surface area contributed by atoms with Gasteiger partial charge in [0.1, 0.15) is 0 Å². The maximum atomic E-state index is 12.2. The zero-order valence-electron chi connectivity index (χ0n) is 10.9. The number of benzene rings is 2. The van der Waals surface area contributed by atoms with E-state index in [1.165, 1.54) is 23.9 Å². The van der Waals surface area contributed by atoms with Gasteiger partial charge in [0.05, 0.1) is 10.2 Å². The second kappa shape index (κ2) is 5.34. The lowest BCUT2D eigenvalue weighted by atomic mass is 10.2. The predicted octanol–water partition coefficient (Wildman–Crippen LogP) is 4.10. The molecule has 1 aliphatic heterocycles. The molecular formula is C14H13NO4S2. The third kappa shape index (κ3) is 2.77. The Morgan fingerprint density at radius 1 is 1.19 bits per heavy atom. The fourth-order valence-corrected chi connectivity index (χ4v) is 5.83. The molecule has 0 aliphatic carbocycles. The van der Waals surface area contributed by atoms with Crippen LogP contribution in [0.15, 0.2) is 58.3 Å². The highest BCUT2D eigenvalue weighted by atomic mass is 32.3. The quantitative estimate of drug-likeness (QED) is 0.831. The molecular weight excluding hydrogens is 310 g/mol. The third-order valence-electron chi connectivity index (χ3n) is 3.32. The molecule has 0 radical (unpaired) electrons. The van der Waals surface area contributed by atoms with Crippen molar-refractivity contribution in [2.75, 3.05) is 5.75 Å². The standard InChI is InChI=1S/C14H13NO4S2/c16-15(17)10-5-7-11(8-6-10)20-13-9-21(18,19)14-4-2-1-3-12(13)14/h1-8,13H,9H2,(H2-,16,17,18,19). The van der Waals surface area contributed by atoms with E-state index in [2.05, 4.69) is 0 Å². The van der Waals surface area contributed by atoms with Crippen LogP contribution in [0.25, 0.3) is 0 Å². The Morgan fingerprint density at radius 3 is 2.52 bits per heavy atom. The number of hydrogen-bond acceptors (Lipinski definition) is 4. The minimum absolute atomic E-state index is 0.0953. The van der Waals surface area contributed by atoms with Crippen LogP contribution in [0.3, 0.4) is 0 Å². The van der Waals surface area contributed by atoms with Gasteiger partial charge in [0, 0.05) is 27.7 Å². The van der Waals surface area contributed by atoms with Crippen molar-refractivity contribution in [2.24, 2.45) is 0 Å². The Balaban J connectivity index is 1.85. The molecule has 0 aromatic heterocycles. The highest BCUT2D eigenvalue weighted by molar-refractivity contribution is 8.25. The van der Waals surface area contributed by atoms with Crippen molar-refractivity contribution >= 4 is 28.0 Å². The molecule has 0 saturated carbocycles. The van der Waals surface area contributed by atoms with E-state index in [4.69, 9.17) is 5.21 Å². The van der Waals surface area contributed by atoms with Crippen molar-refractivity contribution in [2.45, 2.75) is 15.0 Å². The predicted molar refractivity (Wildman–Crippen MR) is 80.7 cm³/mol. The van der Waals surface area contributed by atoms with Crippen LogP contribution in [0.2, 0.25) is 0 Å². The lowest BCUT2D eigenvalue weighted by molar-refractivity contribution is -0.729. The Bertz CT molecular complexity index is 688. The van der Waals surface area contributed by atoms with Crippen LogP contribution in [0.1, 0.15) is 10.8 Å². The van der Waals surface area contributed by atoms with Crippen molar-refractivity contribution in [3.63, 3.8) is 0 Å². The maximum absolute atomic E-state index is 12.2. The minimum Gasteiger partial charge on any atom is -0.764 e. The lowest BCUT2D eigenvalue weighted by Crippen LogP contribution is -1.99. The Kier molecular flexibility index (Phi) is 3.66. The molecule has 0 fully saturated rings. The zero-order chi connectivity index (χ0) is 15.0. The smallest absolute Gasteiger partial charge is 0.316 e. The van der Waals surface area contributed by atoms with Gasteiger partial charge in [0.2, 0.25) is 0 Å². The first kappa shape index (κ1) is 14.4. The Morgan fingerprint density at radius 2 is 1.86 bits per heavy atom. The second-order valence-electron chi connectivity index (χ2n) is 4.72. The van der Waals surface area contributed by atoms with Gasteiger partial charge in [-0.3, -0.25) is 0 Å². The zero-order valence-corrected chi connectivity index (χ0v) is 12.5. The minimum atomic E-state index is -2.97. The van der Waals surface area contributed by atoms with Gasteiger partial charge < -0.3 is 19.7 Å². The first-order chi connectivity index (χ1) is 9.97. The normalized spacial score (nSPS) is 26.9. The van der Waals surface area contributed by atoms with Crippen LogP contribution < -0.4 is 0 Å². The van der Waals surface area contributed by atoms with Crippen molar-refractivity contribution in [3.8, 4) is 0 Å². The summed E-state index contributed by atoms with van der Waals surface area (Å²) in [6.45, 7) is 0. The van der Waals surface area contributed by atoms with Crippen LogP contribution in [0, 0.1) is 4.91 Å². The van der Waals surface area contributed by atoms with Crippen LogP contribution in [0.5, 0.6) is 0 Å². The molecule has 0 saturated heterocycles. The summed E-state index contributed by atoms with van der Waals surface area (Å²) >= 11 is 1.48. The van der Waals surface area contributed by atoms with Gasteiger partial charge in [-0.05, 0) is 23.8 Å². The molecule has 0 amide bonds. The number of rotatable bonds is 3. The van der Waals surface area contributed by atoms with Crippen molar-refractivity contribution in [1.29, 1.82) is 0 Å². The largest absolute Gasteiger partial charge is 0.764 e. The molecule has 2 N–H and O–H groups in total. The lowest BCUT2D eigenvalue weighted by Gasteiger charge is -2.42. The van der Waals surface area contributed by atoms with Crippen LogP contribution in [-0.4, -0.2) is 25.0 Å². The first-order valence-electron chi connectivity index (χ1n) is 6.23.